The first kappa shape index (κ1) is 11.6. The number of hydrogen-bond acceptors (Lipinski definition) is 4. The summed E-state index contributed by atoms with van der Waals surface area (Å²) in [5.74, 6) is -0.469. The molecule has 0 aliphatic heterocycles. The summed E-state index contributed by atoms with van der Waals surface area (Å²) in [6, 6.07) is 3.02. The predicted octanol–water partition coefficient (Wildman–Crippen LogP) is 2.53. The molecule has 0 saturated heterocycles. The van der Waals surface area contributed by atoms with Gasteiger partial charge in [0, 0.05) is 16.2 Å². The molecule has 5 nitrogen and oxygen atoms in total. The molecule has 0 amide bonds. The molecule has 1 atom stereocenters. The summed E-state index contributed by atoms with van der Waals surface area (Å²) < 4.78 is 4.81. The van der Waals surface area contributed by atoms with Crippen LogP contribution in [0.25, 0.3) is 10.4 Å². The van der Waals surface area contributed by atoms with Gasteiger partial charge in [0.1, 0.15) is 6.04 Å². The second-order valence-corrected chi connectivity index (χ2v) is 3.79. The zero-order chi connectivity index (χ0) is 11.1. The van der Waals surface area contributed by atoms with Gasteiger partial charge in [-0.05, 0) is 23.9 Å². The SMILES string of the molecule is CCOC(=O)C(Cc1cccs1)N=[N+]=[N-]. The Morgan fingerprint density at radius 3 is 3.13 bits per heavy atom. The van der Waals surface area contributed by atoms with E-state index in [9.17, 15) is 4.79 Å². The third kappa shape index (κ3) is 3.61. The number of nitrogens with zero attached hydrogens (tertiary/aromatic N) is 3. The third-order valence-corrected chi connectivity index (χ3v) is 2.62. The second kappa shape index (κ2) is 6.06. The number of carbonyl (C=O) groups is 1. The minimum atomic E-state index is -0.756. The number of carbonyl (C=O) groups excluding carboxylic acids is 1. The lowest BCUT2D eigenvalue weighted by atomic mass is 10.2. The Morgan fingerprint density at radius 1 is 1.80 bits per heavy atom. The normalized spacial score (nSPS) is 11.5. The zero-order valence-electron chi connectivity index (χ0n) is 8.29. The van der Waals surface area contributed by atoms with Crippen LogP contribution in [-0.2, 0) is 16.0 Å². The highest BCUT2D eigenvalue weighted by Gasteiger charge is 2.18. The van der Waals surface area contributed by atoms with Crippen molar-refractivity contribution in [2.45, 2.75) is 19.4 Å². The van der Waals surface area contributed by atoms with E-state index in [1.807, 2.05) is 17.5 Å². The van der Waals surface area contributed by atoms with Crippen LogP contribution in [0.4, 0.5) is 0 Å². The third-order valence-electron chi connectivity index (χ3n) is 1.72. The number of hydrogen-bond donors (Lipinski definition) is 0. The van der Waals surface area contributed by atoms with Crippen molar-refractivity contribution in [1.29, 1.82) is 0 Å². The van der Waals surface area contributed by atoms with Gasteiger partial charge in [-0.25, -0.2) is 0 Å². The van der Waals surface area contributed by atoms with Crippen molar-refractivity contribution in [3.8, 4) is 0 Å². The summed E-state index contributed by atoms with van der Waals surface area (Å²) in [7, 11) is 0. The van der Waals surface area contributed by atoms with Gasteiger partial charge in [0.25, 0.3) is 0 Å². The van der Waals surface area contributed by atoms with Gasteiger partial charge < -0.3 is 4.74 Å². The maximum atomic E-state index is 11.4. The van der Waals surface area contributed by atoms with Crippen molar-refractivity contribution in [3.05, 3.63) is 32.8 Å². The minimum absolute atomic E-state index is 0.292. The first-order valence-corrected chi connectivity index (χ1v) is 5.39. The van der Waals surface area contributed by atoms with Gasteiger partial charge in [-0.2, -0.15) is 0 Å². The van der Waals surface area contributed by atoms with Gasteiger partial charge >= 0.3 is 5.97 Å². The molecule has 0 radical (unpaired) electrons. The Bertz CT molecular complexity index is 357. The van der Waals surface area contributed by atoms with Gasteiger partial charge in [-0.3, -0.25) is 4.79 Å². The Balaban J connectivity index is 2.66. The molecule has 0 spiro atoms. The topological polar surface area (TPSA) is 75.1 Å². The van der Waals surface area contributed by atoms with Crippen LogP contribution >= 0.6 is 11.3 Å². The van der Waals surface area contributed by atoms with Gasteiger partial charge in [-0.15, -0.1) is 11.3 Å². The molecule has 1 heterocycles. The van der Waals surface area contributed by atoms with E-state index < -0.39 is 12.0 Å². The lowest BCUT2D eigenvalue weighted by Crippen LogP contribution is -2.23. The molecule has 6 heteroatoms. The molecule has 15 heavy (non-hydrogen) atoms. The van der Waals surface area contributed by atoms with Crippen LogP contribution in [0.5, 0.6) is 0 Å². The molecule has 0 aliphatic rings. The van der Waals surface area contributed by atoms with E-state index in [1.54, 1.807) is 6.92 Å². The molecule has 1 aromatic heterocycles. The molecule has 0 saturated carbocycles. The number of rotatable bonds is 5. The molecular weight excluding hydrogens is 214 g/mol. The monoisotopic (exact) mass is 225 g/mol. The van der Waals surface area contributed by atoms with Crippen molar-refractivity contribution in [1.82, 2.24) is 0 Å². The minimum Gasteiger partial charge on any atom is -0.466 e. The highest BCUT2D eigenvalue weighted by atomic mass is 32.1. The first-order chi connectivity index (χ1) is 7.27. The quantitative estimate of drug-likeness (QED) is 0.334. The fraction of sp³-hybridized carbons (Fsp3) is 0.444. The number of azide groups is 1. The highest BCUT2D eigenvalue weighted by molar-refractivity contribution is 7.09. The van der Waals surface area contributed by atoms with Crippen LogP contribution in [0.15, 0.2) is 22.6 Å². The molecule has 1 aromatic rings. The molecule has 1 rings (SSSR count). The van der Waals surface area contributed by atoms with Crippen molar-refractivity contribution in [2.24, 2.45) is 5.11 Å². The summed E-state index contributed by atoms with van der Waals surface area (Å²) >= 11 is 1.52. The smallest absolute Gasteiger partial charge is 0.315 e. The van der Waals surface area contributed by atoms with Crippen LogP contribution in [0, 0.1) is 0 Å². The van der Waals surface area contributed by atoms with Crippen LogP contribution in [0.1, 0.15) is 11.8 Å². The van der Waals surface area contributed by atoms with Gasteiger partial charge in [0.15, 0.2) is 0 Å². The maximum Gasteiger partial charge on any atom is 0.315 e. The van der Waals surface area contributed by atoms with E-state index in [-0.39, 0.29) is 0 Å². The van der Waals surface area contributed by atoms with Gasteiger partial charge in [-0.1, -0.05) is 11.2 Å². The number of ether oxygens (including phenoxy) is 1. The Labute approximate surface area is 91.3 Å². The molecule has 0 aromatic carbocycles. The fourth-order valence-electron chi connectivity index (χ4n) is 1.09. The lowest BCUT2D eigenvalue weighted by molar-refractivity contribution is -0.144. The van der Waals surface area contributed by atoms with Gasteiger partial charge in [0.05, 0.1) is 6.61 Å². The van der Waals surface area contributed by atoms with E-state index in [2.05, 4.69) is 10.0 Å². The molecule has 0 fully saturated rings. The van der Waals surface area contributed by atoms with Crippen molar-refractivity contribution in [2.75, 3.05) is 6.61 Å². The fourth-order valence-corrected chi connectivity index (χ4v) is 1.83. The van der Waals surface area contributed by atoms with E-state index in [4.69, 9.17) is 10.3 Å². The zero-order valence-corrected chi connectivity index (χ0v) is 9.11. The van der Waals surface area contributed by atoms with Crippen LogP contribution in [0.2, 0.25) is 0 Å². The molecule has 1 unspecified atom stereocenters. The van der Waals surface area contributed by atoms with Crippen LogP contribution < -0.4 is 0 Å². The molecule has 0 N–H and O–H groups in total. The van der Waals surface area contributed by atoms with Crippen molar-refractivity contribution in [3.63, 3.8) is 0 Å². The van der Waals surface area contributed by atoms with Crippen LogP contribution in [0.3, 0.4) is 0 Å². The Hall–Kier alpha value is -1.52. The van der Waals surface area contributed by atoms with Crippen molar-refractivity contribution >= 4 is 17.3 Å². The average molecular weight is 225 g/mol. The first-order valence-electron chi connectivity index (χ1n) is 4.51. The van der Waals surface area contributed by atoms with E-state index in [0.29, 0.717) is 13.0 Å². The molecule has 0 bridgehead atoms. The Morgan fingerprint density at radius 2 is 2.60 bits per heavy atom. The van der Waals surface area contributed by atoms with Gasteiger partial charge in [0.2, 0.25) is 0 Å². The summed E-state index contributed by atoms with van der Waals surface area (Å²) in [4.78, 5) is 15.0. The maximum absolute atomic E-state index is 11.4. The summed E-state index contributed by atoms with van der Waals surface area (Å²) in [5, 5.41) is 5.34. The van der Waals surface area contributed by atoms with E-state index in [0.717, 1.165) is 4.88 Å². The summed E-state index contributed by atoms with van der Waals surface area (Å²) in [5.41, 5.74) is 8.34. The number of esters is 1. The van der Waals surface area contributed by atoms with Crippen LogP contribution in [-0.4, -0.2) is 18.6 Å². The largest absolute Gasteiger partial charge is 0.466 e. The summed E-state index contributed by atoms with van der Waals surface area (Å²) in [6.45, 7) is 2.01. The second-order valence-electron chi connectivity index (χ2n) is 2.76. The van der Waals surface area contributed by atoms with E-state index in [1.165, 1.54) is 11.3 Å². The number of thiophene rings is 1. The lowest BCUT2D eigenvalue weighted by Gasteiger charge is -2.08. The van der Waals surface area contributed by atoms with E-state index >= 15 is 0 Å². The average Bonchev–Trinajstić information content (AvgIpc) is 2.70. The molecule has 80 valence electrons. The molecular formula is C9H11N3O2S. The highest BCUT2D eigenvalue weighted by Crippen LogP contribution is 2.13. The standard InChI is InChI=1S/C9H11N3O2S/c1-2-14-9(13)8(11-12-10)6-7-4-3-5-15-7/h3-5,8H,2,6H2,1H3. The molecule has 0 aliphatic carbocycles. The summed E-state index contributed by atoms with van der Waals surface area (Å²) in [6.07, 6.45) is 0.403. The Kier molecular flexibility index (Phi) is 4.66. The van der Waals surface area contributed by atoms with Crippen molar-refractivity contribution < 1.29 is 9.53 Å². The predicted molar refractivity (Wildman–Crippen MR) is 57.6 cm³/mol.